The zero-order chi connectivity index (χ0) is 15.5. The van der Waals surface area contributed by atoms with E-state index in [1.165, 1.54) is 0 Å². The Labute approximate surface area is 128 Å². The molecule has 1 saturated heterocycles. The summed E-state index contributed by atoms with van der Waals surface area (Å²) in [5.41, 5.74) is 1.28. The summed E-state index contributed by atoms with van der Waals surface area (Å²) in [5.74, 6) is 0.615. The fourth-order valence-electron chi connectivity index (χ4n) is 2.45. The van der Waals surface area contributed by atoms with E-state index in [0.29, 0.717) is 25.2 Å². The smallest absolute Gasteiger partial charge is 0.321 e. The van der Waals surface area contributed by atoms with Crippen molar-refractivity contribution < 1.29 is 14.0 Å². The molecule has 6 nitrogen and oxygen atoms in total. The molecule has 1 N–H and O–H groups in total. The van der Waals surface area contributed by atoms with Crippen molar-refractivity contribution in [1.82, 2.24) is 10.2 Å². The fraction of sp³-hybridized carbons (Fsp3) is 0.250. The molecule has 1 fully saturated rings. The Morgan fingerprint density at radius 3 is 2.91 bits per heavy atom. The van der Waals surface area contributed by atoms with Crippen LogP contribution in [0, 0.1) is 0 Å². The van der Waals surface area contributed by atoms with Gasteiger partial charge in [-0.1, -0.05) is 6.07 Å². The molecule has 0 radical (unpaired) electrons. The van der Waals surface area contributed by atoms with E-state index in [2.05, 4.69) is 5.32 Å². The number of anilines is 1. The Morgan fingerprint density at radius 2 is 2.23 bits per heavy atom. The van der Waals surface area contributed by atoms with Crippen LogP contribution in [0.5, 0.6) is 0 Å². The van der Waals surface area contributed by atoms with E-state index in [1.807, 2.05) is 12.1 Å². The van der Waals surface area contributed by atoms with Crippen molar-refractivity contribution in [2.45, 2.75) is 6.54 Å². The second-order valence-corrected chi connectivity index (χ2v) is 5.17. The third-order valence-electron chi connectivity index (χ3n) is 3.58. The largest absolute Gasteiger partial charge is 0.467 e. The normalized spacial score (nSPS) is 14.0. The average Bonchev–Trinajstić information content (AvgIpc) is 3.18. The molecule has 1 aromatic heterocycles. The zero-order valence-corrected chi connectivity index (χ0v) is 12.3. The zero-order valence-electron chi connectivity index (χ0n) is 12.3. The number of hydrogen-bond acceptors (Lipinski definition) is 3. The first-order chi connectivity index (χ1) is 10.6. The van der Waals surface area contributed by atoms with Gasteiger partial charge in [-0.25, -0.2) is 4.79 Å². The summed E-state index contributed by atoms with van der Waals surface area (Å²) in [4.78, 5) is 27.4. The van der Waals surface area contributed by atoms with Crippen LogP contribution in [-0.2, 0) is 6.54 Å². The molecule has 0 aliphatic carbocycles. The molecule has 6 heteroatoms. The molecule has 1 aromatic carbocycles. The number of benzene rings is 1. The summed E-state index contributed by atoms with van der Waals surface area (Å²) in [6, 6.07) is 10.6. The van der Waals surface area contributed by atoms with Crippen molar-refractivity contribution in [3.63, 3.8) is 0 Å². The second-order valence-electron chi connectivity index (χ2n) is 5.17. The summed E-state index contributed by atoms with van der Waals surface area (Å²) in [7, 11) is 1.72. The van der Waals surface area contributed by atoms with Crippen LogP contribution >= 0.6 is 0 Å². The second kappa shape index (κ2) is 5.93. The van der Waals surface area contributed by atoms with Crippen LogP contribution in [0.3, 0.4) is 0 Å². The minimum absolute atomic E-state index is 0.113. The number of nitrogens with one attached hydrogen (secondary N) is 1. The number of amides is 3. The molecule has 1 aliphatic heterocycles. The highest BCUT2D eigenvalue weighted by atomic mass is 16.3. The van der Waals surface area contributed by atoms with E-state index in [9.17, 15) is 9.59 Å². The summed E-state index contributed by atoms with van der Waals surface area (Å²) in [6.07, 6.45) is 1.58. The minimum Gasteiger partial charge on any atom is -0.467 e. The first-order valence-corrected chi connectivity index (χ1v) is 7.08. The molecule has 3 amide bonds. The third-order valence-corrected chi connectivity index (χ3v) is 3.58. The van der Waals surface area contributed by atoms with Gasteiger partial charge in [0.25, 0.3) is 5.91 Å². The number of carbonyl (C=O) groups is 2. The standard InChI is InChI=1S/C16H17N3O3/c1-18(11-14-6-3-9-22-14)15(20)12-4-2-5-13(10-12)19-8-7-17-16(19)21/h2-6,9-10H,7-8,11H2,1H3,(H,17,21). The Kier molecular flexibility index (Phi) is 3.82. The lowest BCUT2D eigenvalue weighted by Crippen LogP contribution is -2.29. The van der Waals surface area contributed by atoms with Gasteiger partial charge in [-0.15, -0.1) is 0 Å². The number of urea groups is 1. The quantitative estimate of drug-likeness (QED) is 0.940. The maximum Gasteiger partial charge on any atom is 0.321 e. The van der Waals surface area contributed by atoms with Gasteiger partial charge in [0.2, 0.25) is 0 Å². The lowest BCUT2D eigenvalue weighted by Gasteiger charge is -2.18. The van der Waals surface area contributed by atoms with E-state index >= 15 is 0 Å². The van der Waals surface area contributed by atoms with Crippen molar-refractivity contribution in [1.29, 1.82) is 0 Å². The first kappa shape index (κ1) is 14.2. The molecule has 0 bridgehead atoms. The van der Waals surface area contributed by atoms with E-state index in [0.717, 1.165) is 11.4 Å². The molecule has 0 atom stereocenters. The van der Waals surface area contributed by atoms with Crippen LogP contribution in [-0.4, -0.2) is 37.0 Å². The molecular weight excluding hydrogens is 282 g/mol. The summed E-state index contributed by atoms with van der Waals surface area (Å²) in [6.45, 7) is 1.63. The van der Waals surface area contributed by atoms with Crippen LogP contribution in [0.25, 0.3) is 0 Å². The van der Waals surface area contributed by atoms with E-state index < -0.39 is 0 Å². The van der Waals surface area contributed by atoms with Crippen LogP contribution in [0.15, 0.2) is 47.1 Å². The lowest BCUT2D eigenvalue weighted by atomic mass is 10.1. The number of nitrogens with zero attached hydrogens (tertiary/aromatic N) is 2. The van der Waals surface area contributed by atoms with Gasteiger partial charge in [-0.3, -0.25) is 9.69 Å². The van der Waals surface area contributed by atoms with Gasteiger partial charge in [-0.2, -0.15) is 0 Å². The van der Waals surface area contributed by atoms with Crippen LogP contribution in [0.1, 0.15) is 16.1 Å². The predicted molar refractivity (Wildman–Crippen MR) is 81.7 cm³/mol. The average molecular weight is 299 g/mol. The summed E-state index contributed by atoms with van der Waals surface area (Å²) >= 11 is 0. The molecule has 0 unspecified atom stereocenters. The number of rotatable bonds is 4. The van der Waals surface area contributed by atoms with Crippen LogP contribution in [0.2, 0.25) is 0 Å². The molecule has 2 heterocycles. The Morgan fingerprint density at radius 1 is 1.36 bits per heavy atom. The maximum absolute atomic E-state index is 12.5. The van der Waals surface area contributed by atoms with Gasteiger partial charge in [0.1, 0.15) is 5.76 Å². The monoisotopic (exact) mass is 299 g/mol. The van der Waals surface area contributed by atoms with Gasteiger partial charge in [0, 0.05) is 31.4 Å². The SMILES string of the molecule is CN(Cc1ccco1)C(=O)c1cccc(N2CCNC2=O)c1. The third kappa shape index (κ3) is 2.81. The summed E-state index contributed by atoms with van der Waals surface area (Å²) in [5, 5.41) is 2.75. The fourth-order valence-corrected chi connectivity index (χ4v) is 2.45. The molecule has 0 saturated carbocycles. The van der Waals surface area contributed by atoms with E-state index in [-0.39, 0.29) is 11.9 Å². The molecule has 2 aromatic rings. The van der Waals surface area contributed by atoms with Crippen LogP contribution < -0.4 is 10.2 Å². The topological polar surface area (TPSA) is 65.8 Å². The van der Waals surface area contributed by atoms with Crippen LogP contribution in [0.4, 0.5) is 10.5 Å². The Hall–Kier alpha value is -2.76. The molecular formula is C16H17N3O3. The van der Waals surface area contributed by atoms with Gasteiger partial charge < -0.3 is 14.6 Å². The minimum atomic E-state index is -0.131. The first-order valence-electron chi connectivity index (χ1n) is 7.08. The molecule has 22 heavy (non-hydrogen) atoms. The van der Waals surface area contributed by atoms with Crippen molar-refractivity contribution in [2.75, 3.05) is 25.0 Å². The predicted octanol–water partition coefficient (Wildman–Crippen LogP) is 2.08. The van der Waals surface area contributed by atoms with Crippen molar-refractivity contribution in [2.24, 2.45) is 0 Å². The van der Waals surface area contributed by atoms with Crippen molar-refractivity contribution >= 4 is 17.6 Å². The highest BCUT2D eigenvalue weighted by Crippen LogP contribution is 2.19. The van der Waals surface area contributed by atoms with Gasteiger partial charge in [0.05, 0.1) is 12.8 Å². The highest BCUT2D eigenvalue weighted by Gasteiger charge is 2.22. The van der Waals surface area contributed by atoms with E-state index in [1.54, 1.807) is 47.4 Å². The van der Waals surface area contributed by atoms with Gasteiger partial charge >= 0.3 is 6.03 Å². The number of hydrogen-bond donors (Lipinski definition) is 1. The van der Waals surface area contributed by atoms with Gasteiger partial charge in [-0.05, 0) is 30.3 Å². The lowest BCUT2D eigenvalue weighted by molar-refractivity contribution is 0.0775. The van der Waals surface area contributed by atoms with Crippen molar-refractivity contribution in [3.05, 3.63) is 54.0 Å². The van der Waals surface area contributed by atoms with Gasteiger partial charge in [0.15, 0.2) is 0 Å². The summed E-state index contributed by atoms with van der Waals surface area (Å²) < 4.78 is 5.25. The highest BCUT2D eigenvalue weighted by molar-refractivity contribution is 5.98. The van der Waals surface area contributed by atoms with E-state index in [4.69, 9.17) is 4.42 Å². The Balaban J connectivity index is 1.76. The number of furan rings is 1. The molecule has 1 aliphatic rings. The van der Waals surface area contributed by atoms with Crippen molar-refractivity contribution in [3.8, 4) is 0 Å². The molecule has 3 rings (SSSR count). The Bertz CT molecular complexity index is 682. The number of carbonyl (C=O) groups excluding carboxylic acids is 2. The maximum atomic E-state index is 12.5. The molecule has 114 valence electrons. The molecule has 0 spiro atoms.